The van der Waals surface area contributed by atoms with E-state index in [9.17, 15) is 4.79 Å². The standard InChI is InChI=1S/C18H24N4O/c1-13-11-14(2)22(18(23)17(13)12-19)20-15-7-9-21(10-8-15)16-5-3-4-6-16/h11,16H,3-10H2,1-2H3. The largest absolute Gasteiger partial charge is 0.300 e. The summed E-state index contributed by atoms with van der Waals surface area (Å²) in [5.74, 6) is 0. The molecule has 1 aliphatic carbocycles. The molecule has 2 heterocycles. The molecule has 2 fully saturated rings. The molecule has 0 bridgehead atoms. The Hall–Kier alpha value is -1.93. The zero-order valence-electron chi connectivity index (χ0n) is 14.0. The van der Waals surface area contributed by atoms with Gasteiger partial charge in [-0.2, -0.15) is 10.4 Å². The molecule has 1 aromatic heterocycles. The van der Waals surface area contributed by atoms with E-state index in [1.54, 1.807) is 6.92 Å². The first-order valence-electron chi connectivity index (χ1n) is 8.54. The second kappa shape index (κ2) is 6.67. The average molecular weight is 312 g/mol. The van der Waals surface area contributed by atoms with E-state index in [0.29, 0.717) is 0 Å². The van der Waals surface area contributed by atoms with Crippen molar-refractivity contribution in [3.63, 3.8) is 0 Å². The maximum absolute atomic E-state index is 12.4. The highest BCUT2D eigenvalue weighted by Crippen LogP contribution is 2.25. The molecule has 0 N–H and O–H groups in total. The molecule has 0 atom stereocenters. The van der Waals surface area contributed by atoms with E-state index < -0.39 is 0 Å². The smallest absolute Gasteiger partial charge is 0.289 e. The third-order valence-electron chi connectivity index (χ3n) is 5.13. The van der Waals surface area contributed by atoms with Crippen LogP contribution >= 0.6 is 0 Å². The molecule has 122 valence electrons. The Kier molecular flexibility index (Phi) is 4.63. The first-order valence-corrected chi connectivity index (χ1v) is 8.54. The lowest BCUT2D eigenvalue weighted by atomic mass is 10.1. The number of aryl methyl sites for hydroxylation is 2. The molecule has 0 unspecified atom stereocenters. The molecule has 23 heavy (non-hydrogen) atoms. The number of hydrogen-bond donors (Lipinski definition) is 0. The molecule has 1 saturated carbocycles. The number of nitrogens with zero attached hydrogens (tertiary/aromatic N) is 4. The van der Waals surface area contributed by atoms with Gasteiger partial charge < -0.3 is 0 Å². The van der Waals surface area contributed by atoms with Crippen LogP contribution in [0, 0.1) is 25.2 Å². The number of hydrogen-bond acceptors (Lipinski definition) is 4. The van der Waals surface area contributed by atoms with Crippen LogP contribution in [0.5, 0.6) is 0 Å². The van der Waals surface area contributed by atoms with Gasteiger partial charge in [-0.15, -0.1) is 0 Å². The summed E-state index contributed by atoms with van der Waals surface area (Å²) in [4.78, 5) is 15.0. The van der Waals surface area contributed by atoms with Gasteiger partial charge in [0, 0.05) is 43.4 Å². The SMILES string of the molecule is Cc1cc(C)n(N=C2CCN(C3CCCC3)CC2)c(=O)c1C#N. The monoisotopic (exact) mass is 312 g/mol. The van der Waals surface area contributed by atoms with Crippen LogP contribution in [-0.4, -0.2) is 34.4 Å². The summed E-state index contributed by atoms with van der Waals surface area (Å²) in [7, 11) is 0. The minimum Gasteiger partial charge on any atom is -0.300 e. The van der Waals surface area contributed by atoms with Crippen molar-refractivity contribution in [3.05, 3.63) is 33.2 Å². The van der Waals surface area contributed by atoms with Gasteiger partial charge in [-0.25, -0.2) is 4.68 Å². The molecular formula is C18H24N4O. The predicted octanol–water partition coefficient (Wildman–Crippen LogP) is 2.58. The lowest BCUT2D eigenvalue weighted by molar-refractivity contribution is 0.198. The third-order valence-corrected chi connectivity index (χ3v) is 5.13. The van der Waals surface area contributed by atoms with Crippen LogP contribution < -0.4 is 5.56 Å². The summed E-state index contributed by atoms with van der Waals surface area (Å²) in [5.41, 5.74) is 2.48. The summed E-state index contributed by atoms with van der Waals surface area (Å²) in [6, 6.07) is 4.62. The molecule has 1 aromatic rings. The van der Waals surface area contributed by atoms with Crippen molar-refractivity contribution in [2.75, 3.05) is 13.1 Å². The van der Waals surface area contributed by atoms with Crippen LogP contribution in [0.4, 0.5) is 0 Å². The fraction of sp³-hybridized carbons (Fsp3) is 0.611. The Labute approximate surface area is 137 Å². The van der Waals surface area contributed by atoms with Crippen molar-refractivity contribution < 1.29 is 0 Å². The molecular weight excluding hydrogens is 288 g/mol. The highest BCUT2D eigenvalue weighted by Gasteiger charge is 2.25. The molecule has 1 aliphatic heterocycles. The minimum absolute atomic E-state index is 0.198. The molecule has 2 aliphatic rings. The number of rotatable bonds is 2. The van der Waals surface area contributed by atoms with Crippen LogP contribution in [0.25, 0.3) is 0 Å². The second-order valence-corrected chi connectivity index (χ2v) is 6.71. The Bertz CT molecular complexity index is 710. The Morgan fingerprint density at radius 3 is 2.48 bits per heavy atom. The summed E-state index contributed by atoms with van der Waals surface area (Å²) < 4.78 is 1.41. The number of likely N-dealkylation sites (tertiary alicyclic amines) is 1. The van der Waals surface area contributed by atoms with Gasteiger partial charge in [0.2, 0.25) is 0 Å². The van der Waals surface area contributed by atoms with Crippen LogP contribution in [-0.2, 0) is 0 Å². The van der Waals surface area contributed by atoms with Gasteiger partial charge in [0.05, 0.1) is 0 Å². The quantitative estimate of drug-likeness (QED) is 0.843. The predicted molar refractivity (Wildman–Crippen MR) is 90.8 cm³/mol. The van der Waals surface area contributed by atoms with Crippen molar-refractivity contribution in [1.82, 2.24) is 9.58 Å². The number of piperidine rings is 1. The molecule has 3 rings (SSSR count). The van der Waals surface area contributed by atoms with E-state index in [1.807, 2.05) is 19.1 Å². The van der Waals surface area contributed by atoms with E-state index in [1.165, 1.54) is 30.4 Å². The van der Waals surface area contributed by atoms with Gasteiger partial charge in [0.15, 0.2) is 0 Å². The number of pyridine rings is 1. The molecule has 0 amide bonds. The Morgan fingerprint density at radius 2 is 1.87 bits per heavy atom. The van der Waals surface area contributed by atoms with Crippen molar-refractivity contribution in [2.24, 2.45) is 5.10 Å². The summed E-state index contributed by atoms with van der Waals surface area (Å²) in [5, 5.41) is 13.7. The molecule has 1 saturated heterocycles. The molecule has 5 heteroatoms. The number of aromatic nitrogens is 1. The zero-order valence-corrected chi connectivity index (χ0v) is 14.0. The van der Waals surface area contributed by atoms with Crippen LogP contribution in [0.3, 0.4) is 0 Å². The van der Waals surface area contributed by atoms with Crippen molar-refractivity contribution >= 4 is 5.71 Å². The van der Waals surface area contributed by atoms with Gasteiger partial charge in [-0.05, 0) is 38.3 Å². The van der Waals surface area contributed by atoms with Crippen molar-refractivity contribution in [2.45, 2.75) is 58.4 Å². The van der Waals surface area contributed by atoms with Crippen LogP contribution in [0.2, 0.25) is 0 Å². The molecule has 0 aromatic carbocycles. The topological polar surface area (TPSA) is 61.4 Å². The lowest BCUT2D eigenvalue weighted by Gasteiger charge is -2.32. The fourth-order valence-electron chi connectivity index (χ4n) is 3.80. The van der Waals surface area contributed by atoms with E-state index >= 15 is 0 Å². The number of nitriles is 1. The lowest BCUT2D eigenvalue weighted by Crippen LogP contribution is -2.40. The van der Waals surface area contributed by atoms with Gasteiger partial charge in [0.25, 0.3) is 5.56 Å². The zero-order chi connectivity index (χ0) is 16.4. The first-order chi connectivity index (χ1) is 11.1. The average Bonchev–Trinajstić information content (AvgIpc) is 3.07. The molecule has 5 nitrogen and oxygen atoms in total. The van der Waals surface area contributed by atoms with E-state index in [-0.39, 0.29) is 11.1 Å². The highest BCUT2D eigenvalue weighted by atomic mass is 16.1. The van der Waals surface area contributed by atoms with Crippen LogP contribution in [0.1, 0.15) is 55.3 Å². The second-order valence-electron chi connectivity index (χ2n) is 6.71. The van der Waals surface area contributed by atoms with Gasteiger partial charge in [0.1, 0.15) is 11.6 Å². The maximum atomic E-state index is 12.4. The van der Waals surface area contributed by atoms with Gasteiger partial charge >= 0.3 is 0 Å². The van der Waals surface area contributed by atoms with Crippen molar-refractivity contribution in [3.8, 4) is 6.07 Å². The third kappa shape index (κ3) is 3.23. The summed E-state index contributed by atoms with van der Waals surface area (Å²) in [6.45, 7) is 5.74. The highest BCUT2D eigenvalue weighted by molar-refractivity contribution is 5.85. The normalized spacial score (nSPS) is 19.8. The van der Waals surface area contributed by atoms with Crippen molar-refractivity contribution in [1.29, 1.82) is 5.26 Å². The molecule has 0 radical (unpaired) electrons. The fourth-order valence-corrected chi connectivity index (χ4v) is 3.80. The Balaban J connectivity index is 1.78. The van der Waals surface area contributed by atoms with E-state index in [2.05, 4.69) is 10.0 Å². The summed E-state index contributed by atoms with van der Waals surface area (Å²) >= 11 is 0. The van der Waals surface area contributed by atoms with E-state index in [4.69, 9.17) is 5.26 Å². The first kappa shape index (κ1) is 15.9. The van der Waals surface area contributed by atoms with E-state index in [0.717, 1.165) is 48.9 Å². The minimum atomic E-state index is -0.296. The van der Waals surface area contributed by atoms with Gasteiger partial charge in [-0.3, -0.25) is 9.69 Å². The van der Waals surface area contributed by atoms with Gasteiger partial charge in [-0.1, -0.05) is 12.8 Å². The maximum Gasteiger partial charge on any atom is 0.289 e. The molecule has 0 spiro atoms. The summed E-state index contributed by atoms with van der Waals surface area (Å²) in [6.07, 6.45) is 7.20. The Morgan fingerprint density at radius 1 is 1.22 bits per heavy atom. The van der Waals surface area contributed by atoms with Crippen LogP contribution in [0.15, 0.2) is 16.0 Å².